The van der Waals surface area contributed by atoms with Gasteiger partial charge in [-0.25, -0.2) is 9.97 Å². The molecular formula is C21H25N3O2. The molecule has 1 aliphatic rings. The standard InChI is InChI=1S/C21H25N3O2/c1-3-4-5-6-20(26)24-21-22-13-17-18(23-21)11-16(12-19(17)25)15-9-7-14(2)8-10-15/h7-10,13,16H,3-6,11-12H2,1-2H3,(H,22,23,24,26)/t16-/m0/s1. The van der Waals surface area contributed by atoms with Crippen molar-refractivity contribution in [1.82, 2.24) is 9.97 Å². The Hall–Kier alpha value is -2.56. The number of rotatable bonds is 6. The van der Waals surface area contributed by atoms with Crippen molar-refractivity contribution in [3.63, 3.8) is 0 Å². The van der Waals surface area contributed by atoms with Crippen LogP contribution < -0.4 is 5.32 Å². The third kappa shape index (κ3) is 4.34. The van der Waals surface area contributed by atoms with Crippen LogP contribution >= 0.6 is 0 Å². The molecule has 1 aromatic carbocycles. The molecule has 1 amide bonds. The van der Waals surface area contributed by atoms with Crippen molar-refractivity contribution in [1.29, 1.82) is 0 Å². The monoisotopic (exact) mass is 351 g/mol. The van der Waals surface area contributed by atoms with E-state index in [1.807, 2.05) is 6.92 Å². The summed E-state index contributed by atoms with van der Waals surface area (Å²) >= 11 is 0. The van der Waals surface area contributed by atoms with Crippen LogP contribution in [0.5, 0.6) is 0 Å². The van der Waals surface area contributed by atoms with Crippen LogP contribution in [0.1, 0.15) is 72.1 Å². The molecule has 2 aromatic rings. The first-order valence-electron chi connectivity index (χ1n) is 9.32. The van der Waals surface area contributed by atoms with Crippen molar-refractivity contribution >= 4 is 17.6 Å². The van der Waals surface area contributed by atoms with Gasteiger partial charge < -0.3 is 0 Å². The fourth-order valence-electron chi connectivity index (χ4n) is 3.30. The van der Waals surface area contributed by atoms with E-state index in [9.17, 15) is 9.59 Å². The van der Waals surface area contributed by atoms with Crippen molar-refractivity contribution in [3.05, 3.63) is 52.8 Å². The highest BCUT2D eigenvalue weighted by atomic mass is 16.1. The molecule has 5 heteroatoms. The fraction of sp³-hybridized carbons (Fsp3) is 0.429. The van der Waals surface area contributed by atoms with Gasteiger partial charge in [-0.15, -0.1) is 0 Å². The number of hydrogen-bond acceptors (Lipinski definition) is 4. The van der Waals surface area contributed by atoms with E-state index in [2.05, 4.69) is 46.5 Å². The second kappa shape index (κ2) is 8.21. The van der Waals surface area contributed by atoms with E-state index < -0.39 is 0 Å². The van der Waals surface area contributed by atoms with Crippen molar-refractivity contribution in [2.24, 2.45) is 0 Å². The molecule has 1 N–H and O–H groups in total. The molecule has 0 bridgehead atoms. The molecule has 26 heavy (non-hydrogen) atoms. The number of benzene rings is 1. The second-order valence-electron chi connectivity index (χ2n) is 7.00. The Labute approximate surface area is 154 Å². The quantitative estimate of drug-likeness (QED) is 0.791. The molecule has 0 fully saturated rings. The van der Waals surface area contributed by atoms with E-state index in [-0.39, 0.29) is 17.6 Å². The average Bonchev–Trinajstić information content (AvgIpc) is 2.62. The number of nitrogens with one attached hydrogen (secondary N) is 1. The normalized spacial score (nSPS) is 16.2. The minimum Gasteiger partial charge on any atom is -0.295 e. The van der Waals surface area contributed by atoms with Gasteiger partial charge in [0.05, 0.1) is 11.3 Å². The Morgan fingerprint density at radius 3 is 2.69 bits per heavy atom. The van der Waals surface area contributed by atoms with E-state index in [0.717, 1.165) is 30.5 Å². The lowest BCUT2D eigenvalue weighted by atomic mass is 9.82. The van der Waals surface area contributed by atoms with Crippen molar-refractivity contribution in [2.75, 3.05) is 5.32 Å². The topological polar surface area (TPSA) is 72.0 Å². The largest absolute Gasteiger partial charge is 0.295 e. The summed E-state index contributed by atoms with van der Waals surface area (Å²) in [5, 5.41) is 2.76. The summed E-state index contributed by atoms with van der Waals surface area (Å²) in [6, 6.07) is 8.29. The summed E-state index contributed by atoms with van der Waals surface area (Å²) in [6.07, 6.45) is 6.15. The molecule has 1 atom stereocenters. The molecule has 0 spiro atoms. The number of carbonyl (C=O) groups excluding carboxylic acids is 2. The van der Waals surface area contributed by atoms with Gasteiger partial charge in [-0.1, -0.05) is 49.6 Å². The van der Waals surface area contributed by atoms with Gasteiger partial charge in [-0.05, 0) is 31.2 Å². The van der Waals surface area contributed by atoms with E-state index in [0.29, 0.717) is 30.8 Å². The van der Waals surface area contributed by atoms with Gasteiger partial charge in [-0.3, -0.25) is 14.9 Å². The first-order chi connectivity index (χ1) is 12.6. The van der Waals surface area contributed by atoms with Crippen LogP contribution in [0.25, 0.3) is 0 Å². The lowest BCUT2D eigenvalue weighted by Gasteiger charge is -2.23. The Bertz CT molecular complexity index is 799. The van der Waals surface area contributed by atoms with Crippen LogP contribution in [0.4, 0.5) is 5.95 Å². The first-order valence-corrected chi connectivity index (χ1v) is 9.32. The summed E-state index contributed by atoms with van der Waals surface area (Å²) in [5.41, 5.74) is 3.66. The lowest BCUT2D eigenvalue weighted by molar-refractivity contribution is -0.116. The molecule has 0 aliphatic heterocycles. The van der Waals surface area contributed by atoms with Gasteiger partial charge in [0.15, 0.2) is 5.78 Å². The third-order valence-corrected chi connectivity index (χ3v) is 4.85. The number of Topliss-reactive ketones (excluding diaryl/α,β-unsaturated/α-hetero) is 1. The van der Waals surface area contributed by atoms with Crippen LogP contribution in [-0.2, 0) is 11.2 Å². The van der Waals surface area contributed by atoms with Gasteiger partial charge >= 0.3 is 0 Å². The van der Waals surface area contributed by atoms with Crippen molar-refractivity contribution in [2.45, 2.75) is 58.3 Å². The zero-order valence-electron chi connectivity index (χ0n) is 15.4. The Balaban J connectivity index is 1.73. The molecule has 3 rings (SSSR count). The first kappa shape index (κ1) is 18.2. The average molecular weight is 351 g/mol. The maximum Gasteiger partial charge on any atom is 0.229 e. The molecule has 1 aliphatic carbocycles. The van der Waals surface area contributed by atoms with Gasteiger partial charge in [0.1, 0.15) is 0 Å². The zero-order chi connectivity index (χ0) is 18.5. The summed E-state index contributed by atoms with van der Waals surface area (Å²) in [7, 11) is 0. The molecule has 5 nitrogen and oxygen atoms in total. The number of aromatic nitrogens is 2. The van der Waals surface area contributed by atoms with Gasteiger partial charge in [0.25, 0.3) is 0 Å². The summed E-state index contributed by atoms with van der Waals surface area (Å²) < 4.78 is 0. The predicted molar refractivity (Wildman–Crippen MR) is 101 cm³/mol. The number of fused-ring (bicyclic) bond motifs is 1. The lowest BCUT2D eigenvalue weighted by Crippen LogP contribution is -2.22. The fourth-order valence-corrected chi connectivity index (χ4v) is 3.30. The number of amides is 1. The highest BCUT2D eigenvalue weighted by Gasteiger charge is 2.28. The molecule has 136 valence electrons. The maximum absolute atomic E-state index is 12.5. The molecule has 1 heterocycles. The number of aryl methyl sites for hydroxylation is 1. The van der Waals surface area contributed by atoms with Gasteiger partial charge in [0, 0.05) is 19.0 Å². The van der Waals surface area contributed by atoms with Crippen LogP contribution in [0.2, 0.25) is 0 Å². The van der Waals surface area contributed by atoms with Crippen LogP contribution in [0.15, 0.2) is 30.5 Å². The van der Waals surface area contributed by atoms with E-state index in [4.69, 9.17) is 0 Å². The van der Waals surface area contributed by atoms with Crippen molar-refractivity contribution in [3.8, 4) is 0 Å². The number of hydrogen-bond donors (Lipinski definition) is 1. The van der Waals surface area contributed by atoms with Gasteiger partial charge in [-0.2, -0.15) is 0 Å². The molecule has 0 radical (unpaired) electrons. The van der Waals surface area contributed by atoms with Crippen LogP contribution in [-0.4, -0.2) is 21.7 Å². The number of carbonyl (C=O) groups is 2. The molecule has 0 unspecified atom stereocenters. The smallest absolute Gasteiger partial charge is 0.229 e. The number of unbranched alkanes of at least 4 members (excludes halogenated alkanes) is 2. The van der Waals surface area contributed by atoms with Crippen molar-refractivity contribution < 1.29 is 9.59 Å². The maximum atomic E-state index is 12.5. The predicted octanol–water partition coefficient (Wildman–Crippen LogP) is 4.22. The third-order valence-electron chi connectivity index (χ3n) is 4.85. The zero-order valence-corrected chi connectivity index (χ0v) is 15.4. The summed E-state index contributed by atoms with van der Waals surface area (Å²) in [5.74, 6) is 0.412. The Morgan fingerprint density at radius 2 is 1.96 bits per heavy atom. The van der Waals surface area contributed by atoms with E-state index in [1.165, 1.54) is 5.56 Å². The summed E-state index contributed by atoms with van der Waals surface area (Å²) in [6.45, 7) is 4.15. The highest BCUT2D eigenvalue weighted by molar-refractivity contribution is 5.98. The SMILES string of the molecule is CCCCCC(=O)Nc1ncc2c(n1)C[C@H](c1ccc(C)cc1)CC2=O. The molecule has 1 aromatic heterocycles. The van der Waals surface area contributed by atoms with E-state index in [1.54, 1.807) is 6.20 Å². The Morgan fingerprint density at radius 1 is 1.19 bits per heavy atom. The highest BCUT2D eigenvalue weighted by Crippen LogP contribution is 2.32. The minimum absolute atomic E-state index is 0.0673. The minimum atomic E-state index is -0.0735. The van der Waals surface area contributed by atoms with Crippen LogP contribution in [0, 0.1) is 6.92 Å². The van der Waals surface area contributed by atoms with Gasteiger partial charge in [0.2, 0.25) is 11.9 Å². The molecule has 0 saturated carbocycles. The van der Waals surface area contributed by atoms with E-state index >= 15 is 0 Å². The number of anilines is 1. The molecule has 0 saturated heterocycles. The number of ketones is 1. The number of nitrogens with zero attached hydrogens (tertiary/aromatic N) is 2. The Kier molecular flexibility index (Phi) is 5.76. The summed E-state index contributed by atoms with van der Waals surface area (Å²) in [4.78, 5) is 33.1. The molecular weight excluding hydrogens is 326 g/mol. The van der Waals surface area contributed by atoms with Crippen LogP contribution in [0.3, 0.4) is 0 Å². The second-order valence-corrected chi connectivity index (χ2v) is 7.00.